The van der Waals surface area contributed by atoms with Crippen LogP contribution >= 0.6 is 15.9 Å². The van der Waals surface area contributed by atoms with E-state index in [1.165, 1.54) is 7.11 Å². The normalized spacial score (nSPS) is 10.2. The number of esters is 1. The second-order valence-electron chi connectivity index (χ2n) is 4.33. The maximum Gasteiger partial charge on any atom is 0.337 e. The molecule has 5 heteroatoms. The van der Waals surface area contributed by atoms with Crippen LogP contribution in [0.1, 0.15) is 15.9 Å². The number of nitrogens with one attached hydrogen (secondary N) is 1. The zero-order chi connectivity index (χ0) is 14.7. The van der Waals surface area contributed by atoms with Crippen molar-refractivity contribution < 1.29 is 9.53 Å². The average Bonchev–Trinajstić information content (AvgIpc) is 2.45. The summed E-state index contributed by atoms with van der Waals surface area (Å²) >= 11 is 3.48. The summed E-state index contributed by atoms with van der Waals surface area (Å²) in [4.78, 5) is 11.6. The van der Waals surface area contributed by atoms with Gasteiger partial charge in [-0.2, -0.15) is 0 Å². The van der Waals surface area contributed by atoms with Crippen LogP contribution in [0.5, 0.6) is 0 Å². The molecule has 0 heterocycles. The average molecular weight is 335 g/mol. The predicted octanol–water partition coefficient (Wildman–Crippen LogP) is 3.87. The van der Waals surface area contributed by atoms with Crippen molar-refractivity contribution in [2.45, 2.75) is 6.92 Å². The molecule has 0 aliphatic heterocycles. The van der Waals surface area contributed by atoms with Gasteiger partial charge in [-0.15, -0.1) is 0 Å². The Morgan fingerprint density at radius 2 is 2.00 bits per heavy atom. The molecule has 0 atom stereocenters. The van der Waals surface area contributed by atoms with Gasteiger partial charge in [-0.25, -0.2) is 4.79 Å². The van der Waals surface area contributed by atoms with E-state index >= 15 is 0 Å². The molecule has 0 unspecified atom stereocenters. The zero-order valence-corrected chi connectivity index (χ0v) is 12.8. The van der Waals surface area contributed by atoms with Crippen molar-refractivity contribution in [1.29, 1.82) is 0 Å². The lowest BCUT2D eigenvalue weighted by atomic mass is 10.1. The fourth-order valence-electron chi connectivity index (χ4n) is 1.80. The molecule has 0 radical (unpaired) electrons. The summed E-state index contributed by atoms with van der Waals surface area (Å²) in [6.45, 7) is 1.99. The molecule has 2 aromatic carbocycles. The van der Waals surface area contributed by atoms with E-state index in [0.717, 1.165) is 15.7 Å². The molecule has 0 saturated carbocycles. The minimum absolute atomic E-state index is 0.390. The Kier molecular flexibility index (Phi) is 4.29. The van der Waals surface area contributed by atoms with Gasteiger partial charge in [0.25, 0.3) is 0 Å². The molecule has 0 fully saturated rings. The summed E-state index contributed by atoms with van der Waals surface area (Å²) in [5.41, 5.74) is 9.63. The number of ether oxygens (including phenoxy) is 1. The van der Waals surface area contributed by atoms with Gasteiger partial charge in [0.05, 0.1) is 24.0 Å². The predicted molar refractivity (Wildman–Crippen MR) is 84.4 cm³/mol. The van der Waals surface area contributed by atoms with Gasteiger partial charge in [-0.05, 0) is 42.8 Å². The van der Waals surface area contributed by atoms with Gasteiger partial charge in [-0.3, -0.25) is 0 Å². The minimum Gasteiger partial charge on any atom is -0.465 e. The Morgan fingerprint density at radius 1 is 1.25 bits per heavy atom. The fourth-order valence-corrected chi connectivity index (χ4v) is 2.16. The lowest BCUT2D eigenvalue weighted by Crippen LogP contribution is -2.04. The number of hydrogen-bond acceptors (Lipinski definition) is 4. The zero-order valence-electron chi connectivity index (χ0n) is 11.2. The molecule has 0 spiro atoms. The number of nitrogens with two attached hydrogens (primary N) is 1. The Labute approximate surface area is 126 Å². The van der Waals surface area contributed by atoms with Crippen molar-refractivity contribution in [2.24, 2.45) is 0 Å². The highest BCUT2D eigenvalue weighted by atomic mass is 79.9. The van der Waals surface area contributed by atoms with Gasteiger partial charge in [0.1, 0.15) is 0 Å². The number of carbonyl (C=O) groups is 1. The van der Waals surface area contributed by atoms with E-state index in [-0.39, 0.29) is 5.97 Å². The minimum atomic E-state index is -0.390. The van der Waals surface area contributed by atoms with E-state index in [1.54, 1.807) is 18.2 Å². The third-order valence-electron chi connectivity index (χ3n) is 3.01. The van der Waals surface area contributed by atoms with Crippen molar-refractivity contribution in [3.63, 3.8) is 0 Å². The van der Waals surface area contributed by atoms with E-state index < -0.39 is 0 Å². The summed E-state index contributed by atoms with van der Waals surface area (Å²) in [7, 11) is 1.35. The first-order chi connectivity index (χ1) is 9.52. The first kappa shape index (κ1) is 14.4. The maximum absolute atomic E-state index is 11.6. The molecule has 3 N–H and O–H groups in total. The van der Waals surface area contributed by atoms with Gasteiger partial charge in [0.2, 0.25) is 0 Å². The van der Waals surface area contributed by atoms with Gasteiger partial charge < -0.3 is 15.8 Å². The van der Waals surface area contributed by atoms with E-state index in [2.05, 4.69) is 21.2 Å². The molecule has 0 saturated heterocycles. The molecule has 0 bridgehead atoms. The van der Waals surface area contributed by atoms with Crippen molar-refractivity contribution in [1.82, 2.24) is 0 Å². The summed E-state index contributed by atoms with van der Waals surface area (Å²) in [5, 5.41) is 3.24. The lowest BCUT2D eigenvalue weighted by Gasteiger charge is -2.13. The van der Waals surface area contributed by atoms with E-state index in [4.69, 9.17) is 10.5 Å². The number of benzene rings is 2. The van der Waals surface area contributed by atoms with Crippen molar-refractivity contribution in [2.75, 3.05) is 18.2 Å². The van der Waals surface area contributed by atoms with Gasteiger partial charge in [0.15, 0.2) is 0 Å². The summed E-state index contributed by atoms with van der Waals surface area (Å²) in [6, 6.07) is 10.8. The molecule has 4 nitrogen and oxygen atoms in total. The maximum atomic E-state index is 11.6. The third-order valence-corrected chi connectivity index (χ3v) is 3.87. The van der Waals surface area contributed by atoms with Crippen LogP contribution in [0.4, 0.5) is 17.1 Å². The molecular formula is C15H15BrN2O2. The SMILES string of the molecule is COC(=O)c1ccc(N)c(Nc2cccc(Br)c2C)c1. The first-order valence-corrected chi connectivity index (χ1v) is 6.82. The number of nitrogen functional groups attached to an aromatic ring is 1. The third kappa shape index (κ3) is 2.93. The molecule has 2 aromatic rings. The second-order valence-corrected chi connectivity index (χ2v) is 5.19. The molecule has 0 aromatic heterocycles. The largest absolute Gasteiger partial charge is 0.465 e. The van der Waals surface area contributed by atoms with Crippen LogP contribution in [0.2, 0.25) is 0 Å². The van der Waals surface area contributed by atoms with Crippen LogP contribution in [0.25, 0.3) is 0 Å². The van der Waals surface area contributed by atoms with Gasteiger partial charge in [0, 0.05) is 10.2 Å². The van der Waals surface area contributed by atoms with Crippen LogP contribution in [-0.4, -0.2) is 13.1 Å². The standard InChI is InChI=1S/C15H15BrN2O2/c1-9-11(16)4-3-5-13(9)18-14-8-10(15(19)20-2)6-7-12(14)17/h3-8,18H,17H2,1-2H3. The smallest absolute Gasteiger partial charge is 0.337 e. The Bertz CT molecular complexity index is 656. The molecule has 0 aliphatic rings. The van der Waals surface area contributed by atoms with E-state index in [0.29, 0.717) is 16.9 Å². The van der Waals surface area contributed by atoms with Crippen LogP contribution < -0.4 is 11.1 Å². The number of hydrogen-bond donors (Lipinski definition) is 2. The highest BCUT2D eigenvalue weighted by Gasteiger charge is 2.10. The van der Waals surface area contributed by atoms with E-state index in [9.17, 15) is 4.79 Å². The van der Waals surface area contributed by atoms with Crippen molar-refractivity contribution >= 4 is 39.0 Å². The molecular weight excluding hydrogens is 320 g/mol. The van der Waals surface area contributed by atoms with Crippen LogP contribution in [0, 0.1) is 6.92 Å². The quantitative estimate of drug-likeness (QED) is 0.660. The van der Waals surface area contributed by atoms with Crippen molar-refractivity contribution in [3.05, 3.63) is 52.0 Å². The van der Waals surface area contributed by atoms with Gasteiger partial charge in [-0.1, -0.05) is 22.0 Å². The van der Waals surface area contributed by atoms with Crippen molar-refractivity contribution in [3.8, 4) is 0 Å². The van der Waals surface area contributed by atoms with Gasteiger partial charge >= 0.3 is 5.97 Å². The highest BCUT2D eigenvalue weighted by Crippen LogP contribution is 2.29. The second kappa shape index (κ2) is 5.96. The summed E-state index contributed by atoms with van der Waals surface area (Å²) in [5.74, 6) is -0.390. The fraction of sp³-hybridized carbons (Fsp3) is 0.133. The van der Waals surface area contributed by atoms with E-state index in [1.807, 2.05) is 25.1 Å². The van der Waals surface area contributed by atoms with Crippen LogP contribution in [0.3, 0.4) is 0 Å². The molecule has 2 rings (SSSR count). The summed E-state index contributed by atoms with van der Waals surface area (Å²) in [6.07, 6.45) is 0. The Morgan fingerprint density at radius 3 is 2.70 bits per heavy atom. The first-order valence-electron chi connectivity index (χ1n) is 6.03. The number of methoxy groups -OCH3 is 1. The Hall–Kier alpha value is -2.01. The topological polar surface area (TPSA) is 64.3 Å². The number of rotatable bonds is 3. The molecule has 0 amide bonds. The van der Waals surface area contributed by atoms with Crippen LogP contribution in [0.15, 0.2) is 40.9 Å². The molecule has 0 aliphatic carbocycles. The molecule has 104 valence electrons. The monoisotopic (exact) mass is 334 g/mol. The lowest BCUT2D eigenvalue weighted by molar-refractivity contribution is 0.0601. The van der Waals surface area contributed by atoms with Crippen LogP contribution in [-0.2, 0) is 4.74 Å². The summed E-state index contributed by atoms with van der Waals surface area (Å²) < 4.78 is 5.71. The number of carbonyl (C=O) groups excluding carboxylic acids is 1. The molecule has 20 heavy (non-hydrogen) atoms. The highest BCUT2D eigenvalue weighted by molar-refractivity contribution is 9.10. The Balaban J connectivity index is 2.38. The number of anilines is 3. The number of halogens is 1.